The fourth-order valence-electron chi connectivity index (χ4n) is 3.13. The maximum atomic E-state index is 2.45. The van der Waals surface area contributed by atoms with Gasteiger partial charge in [0.25, 0.3) is 0 Å². The van der Waals surface area contributed by atoms with Crippen molar-refractivity contribution >= 4 is 27.9 Å². The molecule has 0 saturated carbocycles. The average molecular weight is 426 g/mol. The third kappa shape index (κ3) is 5.29. The highest BCUT2D eigenvalue weighted by Crippen LogP contribution is 2.60. The Morgan fingerprint density at radius 1 is 0.615 bits per heavy atom. The van der Waals surface area contributed by atoms with Gasteiger partial charge in [-0.2, -0.15) is 4.67 Å². The summed E-state index contributed by atoms with van der Waals surface area (Å²) in [6.45, 7) is 0. The summed E-state index contributed by atoms with van der Waals surface area (Å²) in [5.74, 6) is 0. The molecule has 0 fully saturated rings. The monoisotopic (exact) mass is 425 g/mol. The lowest BCUT2D eigenvalue weighted by Crippen LogP contribution is -3.00. The van der Waals surface area contributed by atoms with Crippen molar-refractivity contribution in [3.63, 3.8) is 0 Å². The average Bonchev–Trinajstić information content (AvgIpc) is 2.62. The van der Waals surface area contributed by atoms with E-state index in [1.165, 1.54) is 16.2 Å². The summed E-state index contributed by atoms with van der Waals surface area (Å²) < 4.78 is 2.45. The number of halogens is 2. The van der Waals surface area contributed by atoms with Gasteiger partial charge in [-0.05, 0) is 39.7 Å². The molecule has 5 heteroatoms. The molecule has 1 atom stereocenters. The second-order valence-electron chi connectivity index (χ2n) is 5.93. The molecule has 0 spiro atoms. The third-order valence-corrected chi connectivity index (χ3v) is 8.80. The zero-order valence-electron chi connectivity index (χ0n) is 15.5. The molecule has 140 valence electrons. The molecule has 0 amide bonds. The molecular weight excluding hydrogens is 399 g/mol. The SMILES string of the molecule is CN(C)[P+](Cc1ccccc1)(c1ccccc1)c1ccccc1.[Cl-].[Cl-].[PH4+]. The minimum atomic E-state index is -1.66. The highest BCUT2D eigenvalue weighted by molar-refractivity contribution is 7.86. The van der Waals surface area contributed by atoms with Gasteiger partial charge in [-0.3, -0.25) is 0 Å². The minimum absolute atomic E-state index is 0. The summed E-state index contributed by atoms with van der Waals surface area (Å²) in [5, 5.41) is 2.86. The Bertz CT molecular complexity index is 698. The van der Waals surface area contributed by atoms with Crippen LogP contribution < -0.4 is 35.4 Å². The smallest absolute Gasteiger partial charge is 0.152 e. The van der Waals surface area contributed by atoms with Crippen molar-refractivity contribution in [2.45, 2.75) is 6.16 Å². The molecule has 0 N–H and O–H groups in total. The van der Waals surface area contributed by atoms with Gasteiger partial charge in [-0.25, -0.2) is 0 Å². The van der Waals surface area contributed by atoms with Crippen LogP contribution in [-0.2, 0) is 6.16 Å². The number of rotatable bonds is 5. The lowest BCUT2D eigenvalue weighted by molar-refractivity contribution is -0.00100. The fourth-order valence-corrected chi connectivity index (χ4v) is 7.07. The van der Waals surface area contributed by atoms with E-state index in [0.29, 0.717) is 0 Å². The lowest BCUT2D eigenvalue weighted by atomic mass is 10.2. The van der Waals surface area contributed by atoms with Crippen molar-refractivity contribution in [3.05, 3.63) is 96.6 Å². The number of benzene rings is 3. The molecule has 0 aromatic heterocycles. The molecule has 3 rings (SSSR count). The van der Waals surface area contributed by atoms with Crippen LogP contribution >= 0.6 is 17.3 Å². The molecule has 1 nitrogen and oxygen atoms in total. The van der Waals surface area contributed by atoms with Crippen LogP contribution in [0.4, 0.5) is 0 Å². The molecular formula is C21H27Cl2NP2. The summed E-state index contributed by atoms with van der Waals surface area (Å²) in [7, 11) is 2.78. The van der Waals surface area contributed by atoms with Gasteiger partial charge in [0.05, 0.1) is 0 Å². The molecule has 1 unspecified atom stereocenters. The van der Waals surface area contributed by atoms with Gasteiger partial charge in [-0.15, -0.1) is 0 Å². The largest absolute Gasteiger partial charge is 1.00 e. The molecule has 0 heterocycles. The zero-order chi connectivity index (χ0) is 16.1. The van der Waals surface area contributed by atoms with Crippen molar-refractivity contribution in [2.75, 3.05) is 14.1 Å². The van der Waals surface area contributed by atoms with Gasteiger partial charge >= 0.3 is 0 Å². The van der Waals surface area contributed by atoms with Crippen molar-refractivity contribution in [1.29, 1.82) is 0 Å². The Hall–Kier alpha value is -0.940. The van der Waals surface area contributed by atoms with Gasteiger partial charge in [0.15, 0.2) is 7.41 Å². The Morgan fingerprint density at radius 2 is 0.962 bits per heavy atom. The molecule has 0 aliphatic carbocycles. The van der Waals surface area contributed by atoms with Crippen LogP contribution in [0.3, 0.4) is 0 Å². The molecule has 26 heavy (non-hydrogen) atoms. The summed E-state index contributed by atoms with van der Waals surface area (Å²) in [4.78, 5) is 0. The first-order valence-corrected chi connectivity index (χ1v) is 9.87. The predicted octanol–water partition coefficient (Wildman–Crippen LogP) is -1.87. The van der Waals surface area contributed by atoms with Gasteiger partial charge in [0.1, 0.15) is 16.8 Å². The van der Waals surface area contributed by atoms with E-state index in [0.717, 1.165) is 6.16 Å². The van der Waals surface area contributed by atoms with E-state index in [4.69, 9.17) is 0 Å². The Balaban J connectivity index is 0.00000208. The maximum Gasteiger partial charge on any atom is 0.152 e. The van der Waals surface area contributed by atoms with Crippen LogP contribution in [0.5, 0.6) is 0 Å². The molecule has 0 aliphatic rings. The topological polar surface area (TPSA) is 3.24 Å². The van der Waals surface area contributed by atoms with E-state index < -0.39 is 7.41 Å². The first-order valence-electron chi connectivity index (χ1n) is 7.94. The second kappa shape index (κ2) is 11.7. The molecule has 3 aromatic carbocycles. The summed E-state index contributed by atoms with van der Waals surface area (Å²) in [5.41, 5.74) is 1.39. The van der Waals surface area contributed by atoms with Crippen molar-refractivity contribution in [3.8, 4) is 0 Å². The first-order chi connectivity index (χ1) is 11.2. The van der Waals surface area contributed by atoms with E-state index in [9.17, 15) is 0 Å². The van der Waals surface area contributed by atoms with Crippen LogP contribution in [0.15, 0.2) is 91.0 Å². The summed E-state index contributed by atoms with van der Waals surface area (Å²) in [6, 6.07) is 32.8. The Kier molecular flexibility index (Phi) is 11.3. The number of hydrogen-bond acceptors (Lipinski definition) is 1. The highest BCUT2D eigenvalue weighted by Gasteiger charge is 2.45. The molecule has 0 radical (unpaired) electrons. The van der Waals surface area contributed by atoms with Crippen LogP contribution in [0.2, 0.25) is 0 Å². The van der Waals surface area contributed by atoms with Gasteiger partial charge in [-0.1, -0.05) is 66.7 Å². The number of hydrogen-bond donors (Lipinski definition) is 0. The number of nitrogens with zero attached hydrogens (tertiary/aromatic N) is 1. The van der Waals surface area contributed by atoms with Gasteiger partial charge in [0.2, 0.25) is 0 Å². The van der Waals surface area contributed by atoms with Crippen molar-refractivity contribution in [1.82, 2.24) is 4.67 Å². The van der Waals surface area contributed by atoms with Crippen LogP contribution in [0.1, 0.15) is 5.56 Å². The van der Waals surface area contributed by atoms with Gasteiger partial charge < -0.3 is 24.8 Å². The maximum absolute atomic E-state index is 2.45. The molecule has 0 bridgehead atoms. The zero-order valence-corrected chi connectivity index (χ0v) is 19.9. The fraction of sp³-hybridized carbons (Fsp3) is 0.143. The Morgan fingerprint density at radius 3 is 1.31 bits per heavy atom. The standard InChI is InChI=1S/C21H23NP.2ClH.H3P/c1-22(2)23(20-14-8-4-9-15-20,21-16-10-5-11-17-21)18-19-12-6-3-7-13-19;;;/h3-17H,18H2,1-2H3;2*1H;1H3/q+1;;;/p-1. The first kappa shape index (κ1) is 25.1. The van der Waals surface area contributed by atoms with E-state index in [1.807, 2.05) is 0 Å². The highest BCUT2D eigenvalue weighted by atomic mass is 35.5. The lowest BCUT2D eigenvalue weighted by Gasteiger charge is -2.32. The van der Waals surface area contributed by atoms with Crippen LogP contribution in [0, 0.1) is 0 Å². The normalized spacial score (nSPS) is 10.3. The summed E-state index contributed by atoms with van der Waals surface area (Å²) >= 11 is 0. The van der Waals surface area contributed by atoms with Crippen molar-refractivity contribution in [2.24, 2.45) is 0 Å². The van der Waals surface area contributed by atoms with E-state index in [1.54, 1.807) is 0 Å². The summed E-state index contributed by atoms with van der Waals surface area (Å²) in [6.07, 6.45) is 1.05. The Labute approximate surface area is 174 Å². The molecule has 0 aliphatic heterocycles. The predicted molar refractivity (Wildman–Crippen MR) is 115 cm³/mol. The van der Waals surface area contributed by atoms with E-state index >= 15 is 0 Å². The van der Waals surface area contributed by atoms with Gasteiger partial charge in [0, 0.05) is 14.1 Å². The second-order valence-corrected chi connectivity index (χ2v) is 9.62. The third-order valence-electron chi connectivity index (χ3n) is 4.30. The van der Waals surface area contributed by atoms with Crippen LogP contribution in [0.25, 0.3) is 0 Å². The quantitative estimate of drug-likeness (QED) is 0.433. The van der Waals surface area contributed by atoms with E-state index in [-0.39, 0.29) is 34.7 Å². The van der Waals surface area contributed by atoms with Crippen LogP contribution in [-0.4, -0.2) is 18.8 Å². The molecule has 0 saturated heterocycles. The molecule has 3 aromatic rings. The van der Waals surface area contributed by atoms with E-state index in [2.05, 4.69) is 110 Å². The van der Waals surface area contributed by atoms with Crippen molar-refractivity contribution < 1.29 is 24.8 Å². The minimum Gasteiger partial charge on any atom is -1.00 e.